The Labute approximate surface area is 154 Å². The summed E-state index contributed by atoms with van der Waals surface area (Å²) in [6.07, 6.45) is 3.47. The number of carbonyl (C=O) groups is 1. The van der Waals surface area contributed by atoms with E-state index in [2.05, 4.69) is 15.4 Å². The molecule has 0 bridgehead atoms. The Morgan fingerprint density at radius 1 is 1.22 bits per heavy atom. The molecular formula is C19H18F2N4O2. The van der Waals surface area contributed by atoms with E-state index in [0.29, 0.717) is 13.0 Å². The monoisotopic (exact) mass is 372 g/mol. The largest absolute Gasteiger partial charge is 0.496 e. The van der Waals surface area contributed by atoms with Gasteiger partial charge < -0.3 is 10.1 Å². The van der Waals surface area contributed by atoms with Gasteiger partial charge in [-0.3, -0.25) is 9.48 Å². The molecule has 1 aromatic heterocycles. The summed E-state index contributed by atoms with van der Waals surface area (Å²) in [5.74, 6) is -3.14. The van der Waals surface area contributed by atoms with Crippen LogP contribution in [-0.4, -0.2) is 27.8 Å². The van der Waals surface area contributed by atoms with Crippen molar-refractivity contribution in [3.8, 4) is 5.75 Å². The van der Waals surface area contributed by atoms with Crippen LogP contribution in [-0.2, 0) is 6.54 Å². The molecule has 2 aromatic carbocycles. The molecule has 1 atom stereocenters. The number of aromatic nitrogens is 3. The molecule has 6 nitrogen and oxygen atoms in total. The van der Waals surface area contributed by atoms with Crippen molar-refractivity contribution < 1.29 is 18.3 Å². The average Bonchev–Trinajstić information content (AvgIpc) is 3.21. The lowest BCUT2D eigenvalue weighted by Gasteiger charge is -2.20. The molecule has 1 N–H and O–H groups in total. The maximum Gasteiger partial charge on any atom is 0.258 e. The van der Waals surface area contributed by atoms with Crippen LogP contribution in [0.5, 0.6) is 5.75 Å². The number of ether oxygens (including phenoxy) is 1. The number of hydrogen-bond donors (Lipinski definition) is 1. The molecule has 0 unspecified atom stereocenters. The van der Waals surface area contributed by atoms with Crippen molar-refractivity contribution in [1.29, 1.82) is 0 Å². The highest BCUT2D eigenvalue weighted by Gasteiger charge is 2.24. The average molecular weight is 372 g/mol. The standard InChI is InChI=1S/C19H18F2N4O2/c1-27-16-8-7-14(20)18(21)17(16)19(26)24-15(13-5-3-2-4-6-13)9-10-25-12-22-11-23-25/h2-8,11-12,15H,9-10H2,1H3,(H,24,26)/t15-/m1/s1. The van der Waals surface area contributed by atoms with Gasteiger partial charge >= 0.3 is 0 Å². The van der Waals surface area contributed by atoms with Gasteiger partial charge in [-0.1, -0.05) is 30.3 Å². The third-order valence-corrected chi connectivity index (χ3v) is 4.12. The van der Waals surface area contributed by atoms with Crippen LogP contribution < -0.4 is 10.1 Å². The van der Waals surface area contributed by atoms with E-state index >= 15 is 0 Å². The molecule has 3 rings (SSSR count). The van der Waals surface area contributed by atoms with Gasteiger partial charge in [-0.15, -0.1) is 0 Å². The predicted octanol–water partition coefficient (Wildman–Crippen LogP) is 3.13. The fraction of sp³-hybridized carbons (Fsp3) is 0.211. The van der Waals surface area contributed by atoms with Gasteiger partial charge in [-0.25, -0.2) is 13.8 Å². The van der Waals surface area contributed by atoms with Gasteiger partial charge in [0, 0.05) is 6.54 Å². The van der Waals surface area contributed by atoms with Crippen molar-refractivity contribution in [1.82, 2.24) is 20.1 Å². The summed E-state index contributed by atoms with van der Waals surface area (Å²) >= 11 is 0. The van der Waals surface area contributed by atoms with Crippen LogP contribution in [0.25, 0.3) is 0 Å². The molecule has 1 heterocycles. The predicted molar refractivity (Wildman–Crippen MR) is 94.2 cm³/mol. The number of benzene rings is 2. The molecule has 0 saturated carbocycles. The smallest absolute Gasteiger partial charge is 0.258 e. The molecule has 8 heteroatoms. The second kappa shape index (κ2) is 8.39. The molecule has 3 aromatic rings. The van der Waals surface area contributed by atoms with Crippen molar-refractivity contribution in [2.75, 3.05) is 7.11 Å². The number of methoxy groups -OCH3 is 1. The molecule has 0 fully saturated rings. The third kappa shape index (κ3) is 4.28. The molecule has 0 aliphatic carbocycles. The first-order chi connectivity index (χ1) is 13.1. The molecule has 0 saturated heterocycles. The molecule has 0 aliphatic heterocycles. The summed E-state index contributed by atoms with van der Waals surface area (Å²) in [6.45, 7) is 0.489. The summed E-state index contributed by atoms with van der Waals surface area (Å²) in [5.41, 5.74) is 0.376. The first kappa shape index (κ1) is 18.5. The van der Waals surface area contributed by atoms with Crippen molar-refractivity contribution in [2.45, 2.75) is 19.0 Å². The van der Waals surface area contributed by atoms with Crippen molar-refractivity contribution in [3.63, 3.8) is 0 Å². The van der Waals surface area contributed by atoms with Gasteiger partial charge in [0.1, 0.15) is 24.0 Å². The fourth-order valence-electron chi connectivity index (χ4n) is 2.76. The lowest BCUT2D eigenvalue weighted by atomic mass is 10.0. The lowest BCUT2D eigenvalue weighted by molar-refractivity contribution is 0.0924. The van der Waals surface area contributed by atoms with E-state index in [1.54, 1.807) is 11.0 Å². The number of aryl methyl sites for hydroxylation is 1. The lowest BCUT2D eigenvalue weighted by Crippen LogP contribution is -2.30. The Hall–Kier alpha value is -3.29. The third-order valence-electron chi connectivity index (χ3n) is 4.12. The van der Waals surface area contributed by atoms with Gasteiger partial charge in [0.05, 0.1) is 13.2 Å². The quantitative estimate of drug-likeness (QED) is 0.692. The topological polar surface area (TPSA) is 69.0 Å². The minimum atomic E-state index is -1.24. The second-order valence-corrected chi connectivity index (χ2v) is 5.82. The Morgan fingerprint density at radius 2 is 2.00 bits per heavy atom. The van der Waals surface area contributed by atoms with E-state index in [4.69, 9.17) is 4.74 Å². The highest BCUT2D eigenvalue weighted by molar-refractivity contribution is 5.97. The van der Waals surface area contributed by atoms with Crippen LogP contribution in [0.1, 0.15) is 28.4 Å². The van der Waals surface area contributed by atoms with Crippen molar-refractivity contribution in [2.24, 2.45) is 0 Å². The Bertz CT molecular complexity index is 902. The number of nitrogens with one attached hydrogen (secondary N) is 1. The van der Waals surface area contributed by atoms with E-state index in [-0.39, 0.29) is 5.75 Å². The number of nitrogens with zero attached hydrogens (tertiary/aromatic N) is 3. The molecule has 0 aliphatic rings. The minimum absolute atomic E-state index is 0.0329. The summed E-state index contributed by atoms with van der Waals surface area (Å²) in [5, 5.41) is 6.80. The maximum absolute atomic E-state index is 14.2. The Kier molecular flexibility index (Phi) is 5.75. The Morgan fingerprint density at radius 3 is 2.67 bits per heavy atom. The normalized spacial score (nSPS) is 11.8. The van der Waals surface area contributed by atoms with Gasteiger partial charge in [-0.2, -0.15) is 5.10 Å². The van der Waals surface area contributed by atoms with E-state index in [0.717, 1.165) is 11.6 Å². The highest BCUT2D eigenvalue weighted by atomic mass is 19.2. The molecule has 27 heavy (non-hydrogen) atoms. The Balaban J connectivity index is 1.85. The van der Waals surface area contributed by atoms with Crippen LogP contribution in [0, 0.1) is 11.6 Å². The van der Waals surface area contributed by atoms with Crippen molar-refractivity contribution >= 4 is 5.91 Å². The van der Waals surface area contributed by atoms with Crippen LogP contribution in [0.4, 0.5) is 8.78 Å². The molecule has 0 radical (unpaired) electrons. The summed E-state index contributed by atoms with van der Waals surface area (Å²) in [6, 6.07) is 11.0. The van der Waals surface area contributed by atoms with Crippen LogP contribution in [0.3, 0.4) is 0 Å². The number of amides is 1. The molecule has 1 amide bonds. The van der Waals surface area contributed by atoms with E-state index in [1.165, 1.54) is 19.5 Å². The first-order valence-electron chi connectivity index (χ1n) is 8.30. The van der Waals surface area contributed by atoms with E-state index < -0.39 is 29.1 Å². The summed E-state index contributed by atoms with van der Waals surface area (Å²) in [7, 11) is 1.29. The first-order valence-corrected chi connectivity index (χ1v) is 8.30. The number of rotatable bonds is 7. The van der Waals surface area contributed by atoms with Crippen LogP contribution in [0.2, 0.25) is 0 Å². The zero-order valence-corrected chi connectivity index (χ0v) is 14.6. The van der Waals surface area contributed by atoms with Gasteiger partial charge in [0.2, 0.25) is 0 Å². The molecule has 0 spiro atoms. The van der Waals surface area contributed by atoms with Crippen LogP contribution in [0.15, 0.2) is 55.1 Å². The van der Waals surface area contributed by atoms with Gasteiger partial charge in [0.15, 0.2) is 11.6 Å². The van der Waals surface area contributed by atoms with Gasteiger partial charge in [0.25, 0.3) is 5.91 Å². The van der Waals surface area contributed by atoms with Gasteiger partial charge in [-0.05, 0) is 24.1 Å². The molecular weight excluding hydrogens is 354 g/mol. The number of carbonyl (C=O) groups excluding carboxylic acids is 1. The number of halogens is 2. The maximum atomic E-state index is 14.2. The molecule has 140 valence electrons. The summed E-state index contributed by atoms with van der Waals surface area (Å²) < 4.78 is 34.5. The SMILES string of the molecule is COc1ccc(F)c(F)c1C(=O)N[C@H](CCn1cncn1)c1ccccc1. The van der Waals surface area contributed by atoms with E-state index in [9.17, 15) is 13.6 Å². The highest BCUT2D eigenvalue weighted by Crippen LogP contribution is 2.25. The van der Waals surface area contributed by atoms with Crippen LogP contribution >= 0.6 is 0 Å². The second-order valence-electron chi connectivity index (χ2n) is 5.82. The zero-order chi connectivity index (χ0) is 19.2. The van der Waals surface area contributed by atoms with Crippen molar-refractivity contribution in [3.05, 3.63) is 77.9 Å². The summed E-state index contributed by atoms with van der Waals surface area (Å²) in [4.78, 5) is 16.6. The number of hydrogen-bond acceptors (Lipinski definition) is 4. The van der Waals surface area contributed by atoms with E-state index in [1.807, 2.05) is 30.3 Å². The zero-order valence-electron chi connectivity index (χ0n) is 14.6. The minimum Gasteiger partial charge on any atom is -0.496 e. The fourth-order valence-corrected chi connectivity index (χ4v) is 2.76.